The van der Waals surface area contributed by atoms with E-state index >= 15 is 0 Å². The van der Waals surface area contributed by atoms with Gasteiger partial charge in [-0.15, -0.1) is 0 Å². The fraction of sp³-hybridized carbons (Fsp3) is 0.556. The molecule has 0 aliphatic carbocycles. The molecule has 24 heavy (non-hydrogen) atoms. The van der Waals surface area contributed by atoms with Gasteiger partial charge in [0.25, 0.3) is 5.91 Å². The number of imidazole rings is 1. The van der Waals surface area contributed by atoms with Gasteiger partial charge >= 0.3 is 0 Å². The summed E-state index contributed by atoms with van der Waals surface area (Å²) in [6.07, 6.45) is 7.52. The highest BCUT2D eigenvalue weighted by molar-refractivity contribution is 7.98. The number of carbonyl (C=O) groups is 1. The first-order valence-corrected chi connectivity index (χ1v) is 10.1. The maximum Gasteiger partial charge on any atom is 0.274 e. The van der Waals surface area contributed by atoms with Crippen LogP contribution in [0.3, 0.4) is 0 Å². The highest BCUT2D eigenvalue weighted by Crippen LogP contribution is 2.19. The molecular weight excluding hydrogens is 320 g/mol. The Morgan fingerprint density at radius 2 is 2.12 bits per heavy atom. The fourth-order valence-corrected chi connectivity index (χ4v) is 3.57. The number of amides is 1. The van der Waals surface area contributed by atoms with E-state index in [2.05, 4.69) is 16.0 Å². The molecule has 0 bridgehead atoms. The second-order valence-corrected chi connectivity index (χ2v) is 7.30. The largest absolute Gasteiger partial charge is 0.337 e. The Morgan fingerprint density at radius 3 is 2.88 bits per heavy atom. The maximum atomic E-state index is 13.0. The number of pyridine rings is 1. The zero-order valence-corrected chi connectivity index (χ0v) is 15.4. The molecule has 1 fully saturated rings. The van der Waals surface area contributed by atoms with Crippen molar-refractivity contribution in [2.24, 2.45) is 0 Å². The minimum Gasteiger partial charge on any atom is -0.337 e. The SMILES string of the molecule is CSCCNCc1c(C(=O)N2CCCCC2)nc2c(C)cccn12. The lowest BCUT2D eigenvalue weighted by atomic mass is 10.1. The molecule has 0 atom stereocenters. The van der Waals surface area contributed by atoms with Crippen LogP contribution in [0.4, 0.5) is 0 Å². The minimum atomic E-state index is 0.0828. The van der Waals surface area contributed by atoms with E-state index in [0.717, 1.165) is 55.1 Å². The van der Waals surface area contributed by atoms with Crippen molar-refractivity contribution in [2.75, 3.05) is 31.6 Å². The molecule has 0 spiro atoms. The molecule has 6 heteroatoms. The number of fused-ring (bicyclic) bond motifs is 1. The summed E-state index contributed by atoms with van der Waals surface area (Å²) < 4.78 is 2.07. The smallest absolute Gasteiger partial charge is 0.274 e. The molecular formula is C18H26N4OS. The van der Waals surface area contributed by atoms with E-state index in [0.29, 0.717) is 12.2 Å². The molecule has 3 heterocycles. The highest BCUT2D eigenvalue weighted by Gasteiger charge is 2.25. The average molecular weight is 346 g/mol. The molecule has 1 aliphatic heterocycles. The Morgan fingerprint density at radius 1 is 1.33 bits per heavy atom. The summed E-state index contributed by atoms with van der Waals surface area (Å²) in [5.41, 5.74) is 3.58. The van der Waals surface area contributed by atoms with Crippen molar-refractivity contribution in [1.29, 1.82) is 0 Å². The van der Waals surface area contributed by atoms with Crippen molar-refractivity contribution in [3.8, 4) is 0 Å². The predicted octanol–water partition coefficient (Wildman–Crippen LogP) is 2.72. The van der Waals surface area contributed by atoms with Gasteiger partial charge in [-0.1, -0.05) is 6.07 Å². The molecule has 0 saturated carbocycles. The molecule has 0 unspecified atom stereocenters. The van der Waals surface area contributed by atoms with Gasteiger partial charge in [-0.05, 0) is 44.1 Å². The van der Waals surface area contributed by atoms with Gasteiger partial charge in [-0.2, -0.15) is 11.8 Å². The van der Waals surface area contributed by atoms with E-state index in [1.807, 2.05) is 41.9 Å². The van der Waals surface area contributed by atoms with Gasteiger partial charge in [0.2, 0.25) is 0 Å². The molecule has 0 aromatic carbocycles. The second-order valence-electron chi connectivity index (χ2n) is 6.31. The van der Waals surface area contributed by atoms with Crippen LogP contribution in [0.25, 0.3) is 5.65 Å². The summed E-state index contributed by atoms with van der Waals surface area (Å²) in [4.78, 5) is 19.7. The molecule has 0 radical (unpaired) electrons. The number of hydrogen-bond donors (Lipinski definition) is 1. The lowest BCUT2D eigenvalue weighted by molar-refractivity contribution is 0.0717. The van der Waals surface area contributed by atoms with Crippen molar-refractivity contribution in [1.82, 2.24) is 19.6 Å². The molecule has 3 rings (SSSR count). The summed E-state index contributed by atoms with van der Waals surface area (Å²) in [6.45, 7) is 5.34. The van der Waals surface area contributed by atoms with Gasteiger partial charge in [0.1, 0.15) is 5.65 Å². The number of aromatic nitrogens is 2. The van der Waals surface area contributed by atoms with Crippen LogP contribution >= 0.6 is 11.8 Å². The van der Waals surface area contributed by atoms with Crippen LogP contribution in [-0.2, 0) is 6.54 Å². The van der Waals surface area contributed by atoms with Crippen LogP contribution in [0, 0.1) is 6.92 Å². The number of aryl methyl sites for hydroxylation is 1. The van der Waals surface area contributed by atoms with Crippen molar-refractivity contribution >= 4 is 23.3 Å². The number of thioether (sulfide) groups is 1. The quantitative estimate of drug-likeness (QED) is 0.817. The third-order valence-corrected chi connectivity index (χ3v) is 5.18. The van der Waals surface area contributed by atoms with Gasteiger partial charge < -0.3 is 14.6 Å². The van der Waals surface area contributed by atoms with Gasteiger partial charge in [0.05, 0.1) is 5.69 Å². The summed E-state index contributed by atoms with van der Waals surface area (Å²) in [5.74, 6) is 1.14. The zero-order valence-electron chi connectivity index (χ0n) is 14.5. The molecule has 130 valence electrons. The van der Waals surface area contributed by atoms with Crippen LogP contribution in [0.15, 0.2) is 18.3 Å². The lowest BCUT2D eigenvalue weighted by Gasteiger charge is -2.26. The normalized spacial score (nSPS) is 15.2. The maximum absolute atomic E-state index is 13.0. The number of rotatable bonds is 6. The number of nitrogens with zero attached hydrogens (tertiary/aromatic N) is 3. The van der Waals surface area contributed by atoms with Gasteiger partial charge in [0.15, 0.2) is 5.69 Å². The van der Waals surface area contributed by atoms with Crippen LogP contribution in [0.1, 0.15) is 41.0 Å². The number of hydrogen-bond acceptors (Lipinski definition) is 4. The van der Waals surface area contributed by atoms with Crippen LogP contribution in [-0.4, -0.2) is 51.8 Å². The Bertz CT molecular complexity index is 706. The summed E-state index contributed by atoms with van der Waals surface area (Å²) >= 11 is 1.82. The number of likely N-dealkylation sites (tertiary alicyclic amines) is 1. The van der Waals surface area contributed by atoms with Crippen LogP contribution in [0.2, 0.25) is 0 Å². The third-order valence-electron chi connectivity index (χ3n) is 4.57. The van der Waals surface area contributed by atoms with Crippen molar-refractivity contribution in [3.63, 3.8) is 0 Å². The van der Waals surface area contributed by atoms with Crippen LogP contribution in [0.5, 0.6) is 0 Å². The van der Waals surface area contributed by atoms with E-state index < -0.39 is 0 Å². The van der Waals surface area contributed by atoms with E-state index in [1.54, 1.807) is 0 Å². The standard InChI is InChI=1S/C18H26N4OS/c1-14-7-6-11-22-15(13-19-8-12-24-2)16(20-17(14)22)18(23)21-9-4-3-5-10-21/h6-7,11,19H,3-5,8-10,12-13H2,1-2H3. The second kappa shape index (κ2) is 8.03. The first-order chi connectivity index (χ1) is 11.7. The molecule has 1 saturated heterocycles. The van der Waals surface area contributed by atoms with Gasteiger partial charge in [-0.3, -0.25) is 4.79 Å². The number of nitrogens with one attached hydrogen (secondary N) is 1. The molecule has 5 nitrogen and oxygen atoms in total. The molecule has 2 aromatic heterocycles. The number of piperidine rings is 1. The monoisotopic (exact) mass is 346 g/mol. The topological polar surface area (TPSA) is 49.6 Å². The van der Waals surface area contributed by atoms with E-state index in [9.17, 15) is 4.79 Å². The van der Waals surface area contributed by atoms with Crippen molar-refractivity contribution in [2.45, 2.75) is 32.7 Å². The molecule has 2 aromatic rings. The van der Waals surface area contributed by atoms with Gasteiger partial charge in [-0.25, -0.2) is 4.98 Å². The summed E-state index contributed by atoms with van der Waals surface area (Å²) in [5, 5.41) is 3.45. The third kappa shape index (κ3) is 3.59. The first kappa shape index (κ1) is 17.3. The number of carbonyl (C=O) groups excluding carboxylic acids is 1. The van der Waals surface area contributed by atoms with Gasteiger partial charge in [0, 0.05) is 38.1 Å². The summed E-state index contributed by atoms with van der Waals surface area (Å²) in [7, 11) is 0. The minimum absolute atomic E-state index is 0.0828. The Labute approximate surface area is 147 Å². The fourth-order valence-electron chi connectivity index (χ4n) is 3.22. The Hall–Kier alpha value is -1.53. The highest BCUT2D eigenvalue weighted by atomic mass is 32.2. The van der Waals surface area contributed by atoms with E-state index in [1.165, 1.54) is 6.42 Å². The molecule has 1 amide bonds. The Balaban J connectivity index is 1.92. The van der Waals surface area contributed by atoms with Crippen molar-refractivity contribution < 1.29 is 4.79 Å². The lowest BCUT2D eigenvalue weighted by Crippen LogP contribution is -2.36. The van der Waals surface area contributed by atoms with Crippen LogP contribution < -0.4 is 5.32 Å². The van der Waals surface area contributed by atoms with E-state index in [4.69, 9.17) is 4.98 Å². The van der Waals surface area contributed by atoms with Crippen molar-refractivity contribution in [3.05, 3.63) is 35.3 Å². The summed E-state index contributed by atoms with van der Waals surface area (Å²) in [6, 6.07) is 4.06. The molecule has 1 N–H and O–H groups in total. The Kier molecular flexibility index (Phi) is 5.79. The molecule has 1 aliphatic rings. The van der Waals surface area contributed by atoms with E-state index in [-0.39, 0.29) is 5.91 Å². The first-order valence-electron chi connectivity index (χ1n) is 8.68. The average Bonchev–Trinajstić information content (AvgIpc) is 2.99. The zero-order chi connectivity index (χ0) is 16.9. The predicted molar refractivity (Wildman–Crippen MR) is 99.8 cm³/mol.